The summed E-state index contributed by atoms with van der Waals surface area (Å²) in [4.78, 5) is -1.42. The van der Waals surface area contributed by atoms with Gasteiger partial charge in [0.05, 0.1) is 10.9 Å². The van der Waals surface area contributed by atoms with E-state index in [-0.39, 0.29) is 24.4 Å². The van der Waals surface area contributed by atoms with Gasteiger partial charge in [-0.15, -0.1) is 0 Å². The number of hydrogen-bond acceptors (Lipinski definition) is 3. The molecule has 7 heteroatoms. The van der Waals surface area contributed by atoms with Crippen LogP contribution in [0.4, 0.5) is 0 Å². The Balaban J connectivity index is 0.000000389. The van der Waals surface area contributed by atoms with Crippen molar-refractivity contribution < 1.29 is 27.9 Å². The molecule has 4 aromatic rings. The number of benzene rings is 4. The SMILES string of the molecule is Cc1ccc(C(C)C)cc1.Cc1ccc(S(=O)(=O)N[C@](Cl)(c2ccccc2)[C@H](N)c2ccccc2)cc1.[Rh]. The summed E-state index contributed by atoms with van der Waals surface area (Å²) < 4.78 is 28.7. The van der Waals surface area contributed by atoms with Crippen LogP contribution in [0.15, 0.2) is 114 Å². The second-order valence-electron chi connectivity index (χ2n) is 9.45. The fraction of sp³-hybridized carbons (Fsp3) is 0.226. The summed E-state index contributed by atoms with van der Waals surface area (Å²) in [5.41, 5.74) is 11.5. The van der Waals surface area contributed by atoms with Crippen molar-refractivity contribution in [1.29, 1.82) is 0 Å². The smallest absolute Gasteiger partial charge is 0.242 e. The summed E-state index contributed by atoms with van der Waals surface area (Å²) in [6.45, 7) is 8.43. The Morgan fingerprint density at radius 1 is 0.711 bits per heavy atom. The van der Waals surface area contributed by atoms with Gasteiger partial charge in [-0.2, -0.15) is 4.72 Å². The van der Waals surface area contributed by atoms with Crippen LogP contribution in [0.1, 0.15) is 53.6 Å². The Morgan fingerprint density at radius 2 is 1.16 bits per heavy atom. The first kappa shape index (κ1) is 31.9. The minimum Gasteiger partial charge on any atom is -0.321 e. The van der Waals surface area contributed by atoms with Crippen LogP contribution in [-0.2, 0) is 34.5 Å². The van der Waals surface area contributed by atoms with Crippen molar-refractivity contribution in [2.45, 2.75) is 49.5 Å². The quantitative estimate of drug-likeness (QED) is 0.128. The van der Waals surface area contributed by atoms with Gasteiger partial charge in [-0.05, 0) is 48.6 Å². The number of sulfonamides is 1. The third-order valence-electron chi connectivity index (χ3n) is 6.14. The number of rotatable bonds is 7. The van der Waals surface area contributed by atoms with Crippen molar-refractivity contribution in [2.75, 3.05) is 0 Å². The Hall–Kier alpha value is -2.34. The summed E-state index contributed by atoms with van der Waals surface area (Å²) >= 11 is 6.90. The number of nitrogens with two attached hydrogens (primary N) is 1. The van der Waals surface area contributed by atoms with Gasteiger partial charge >= 0.3 is 0 Å². The normalized spacial score (nSPS) is 13.4. The van der Waals surface area contributed by atoms with E-state index < -0.39 is 21.1 Å². The van der Waals surface area contributed by atoms with Crippen LogP contribution in [0.5, 0.6) is 0 Å². The molecule has 0 bridgehead atoms. The standard InChI is InChI=1S/C21H21ClN2O2S.C10H14.Rh/c1-16-12-14-19(15-13-16)27(25,26)24-21(22,18-10-6-3-7-11-18)20(23)17-8-4-2-5-9-17;1-8(2)10-6-4-9(3)5-7-10;/h2-15,20,24H,23H2,1H3;4-8H,1-3H3;/t20-,21-;;/m1../s1. The first-order chi connectivity index (χ1) is 17.5. The molecule has 0 unspecified atom stereocenters. The second-order valence-corrected chi connectivity index (χ2v) is 11.7. The van der Waals surface area contributed by atoms with Gasteiger partial charge in [0, 0.05) is 19.5 Å². The summed E-state index contributed by atoms with van der Waals surface area (Å²) in [7, 11) is -3.90. The van der Waals surface area contributed by atoms with Gasteiger partial charge in [0.1, 0.15) is 0 Å². The van der Waals surface area contributed by atoms with E-state index in [9.17, 15) is 8.42 Å². The molecule has 0 fully saturated rings. The molecule has 38 heavy (non-hydrogen) atoms. The first-order valence-electron chi connectivity index (χ1n) is 12.2. The maximum Gasteiger partial charge on any atom is 0.242 e. The van der Waals surface area contributed by atoms with Crippen LogP contribution < -0.4 is 10.5 Å². The minimum absolute atomic E-state index is 0. The molecule has 2 atom stereocenters. The Kier molecular flexibility index (Phi) is 11.9. The van der Waals surface area contributed by atoms with Gasteiger partial charge < -0.3 is 5.73 Å². The number of halogens is 1. The summed E-state index contributed by atoms with van der Waals surface area (Å²) in [5.74, 6) is 0.653. The average Bonchev–Trinajstić information content (AvgIpc) is 2.90. The zero-order chi connectivity index (χ0) is 27.1. The third kappa shape index (κ3) is 8.33. The molecule has 203 valence electrons. The fourth-order valence-electron chi connectivity index (χ4n) is 3.80. The van der Waals surface area contributed by atoms with Crippen LogP contribution in [0.2, 0.25) is 0 Å². The molecule has 0 amide bonds. The monoisotopic (exact) mass is 637 g/mol. The topological polar surface area (TPSA) is 72.2 Å². The maximum atomic E-state index is 13.0. The molecule has 3 N–H and O–H groups in total. The Bertz CT molecular complexity index is 1370. The third-order valence-corrected chi connectivity index (χ3v) is 8.28. The van der Waals surface area contributed by atoms with E-state index in [0.29, 0.717) is 11.5 Å². The Labute approximate surface area is 245 Å². The molecule has 4 nitrogen and oxygen atoms in total. The molecule has 0 aliphatic rings. The van der Waals surface area contributed by atoms with E-state index in [1.54, 1.807) is 48.5 Å². The summed E-state index contributed by atoms with van der Waals surface area (Å²) in [6.07, 6.45) is 0. The first-order valence-corrected chi connectivity index (χ1v) is 14.1. The maximum absolute atomic E-state index is 13.0. The van der Waals surface area contributed by atoms with Crippen LogP contribution in [-0.4, -0.2) is 8.42 Å². The Morgan fingerprint density at radius 3 is 1.63 bits per heavy atom. The van der Waals surface area contributed by atoms with Crippen molar-refractivity contribution in [2.24, 2.45) is 5.73 Å². The molecule has 0 aliphatic heterocycles. The van der Waals surface area contributed by atoms with Gasteiger partial charge in [-0.3, -0.25) is 0 Å². The molecule has 0 aromatic heterocycles. The molecule has 0 spiro atoms. The number of alkyl halides is 1. The van der Waals surface area contributed by atoms with Gasteiger partial charge in [0.25, 0.3) is 0 Å². The molecule has 0 saturated carbocycles. The van der Waals surface area contributed by atoms with Crippen LogP contribution in [0.3, 0.4) is 0 Å². The molecular formula is C31H35ClN2O2RhS. The van der Waals surface area contributed by atoms with E-state index >= 15 is 0 Å². The molecule has 1 radical (unpaired) electrons. The molecule has 0 heterocycles. The average molecular weight is 638 g/mol. The van der Waals surface area contributed by atoms with E-state index in [2.05, 4.69) is 49.8 Å². The molecule has 0 aliphatic carbocycles. The second kappa shape index (κ2) is 14.2. The molecule has 0 saturated heterocycles. The predicted molar refractivity (Wildman–Crippen MR) is 154 cm³/mol. The van der Waals surface area contributed by atoms with Crippen molar-refractivity contribution in [3.8, 4) is 0 Å². The summed E-state index contributed by atoms with van der Waals surface area (Å²) in [5, 5.41) is 0. The van der Waals surface area contributed by atoms with Crippen LogP contribution in [0.25, 0.3) is 0 Å². The summed E-state index contributed by atoms with van der Waals surface area (Å²) in [6, 6.07) is 32.6. The molecule has 4 rings (SSSR count). The fourth-order valence-corrected chi connectivity index (χ4v) is 5.60. The van der Waals surface area contributed by atoms with Crippen molar-refractivity contribution >= 4 is 21.6 Å². The predicted octanol–water partition coefficient (Wildman–Crippen LogP) is 7.18. The molecule has 4 aromatic carbocycles. The van der Waals surface area contributed by atoms with Crippen LogP contribution in [0, 0.1) is 13.8 Å². The minimum atomic E-state index is -3.90. The number of nitrogens with one attached hydrogen (secondary N) is 1. The van der Waals surface area contributed by atoms with Crippen molar-refractivity contribution in [1.82, 2.24) is 4.72 Å². The zero-order valence-corrected chi connectivity index (χ0v) is 25.3. The van der Waals surface area contributed by atoms with Gasteiger partial charge in [0.2, 0.25) is 10.0 Å². The van der Waals surface area contributed by atoms with Gasteiger partial charge in [-0.1, -0.05) is 134 Å². The number of aryl methyl sites for hydroxylation is 2. The van der Waals surface area contributed by atoms with Crippen molar-refractivity contribution in [3.63, 3.8) is 0 Å². The van der Waals surface area contributed by atoms with E-state index in [1.807, 2.05) is 43.3 Å². The zero-order valence-electron chi connectivity index (χ0n) is 22.1. The molecular weight excluding hydrogens is 603 g/mol. The van der Waals surface area contributed by atoms with E-state index in [1.165, 1.54) is 11.1 Å². The largest absolute Gasteiger partial charge is 0.321 e. The number of hydrogen-bond donors (Lipinski definition) is 2. The van der Waals surface area contributed by atoms with Crippen molar-refractivity contribution in [3.05, 3.63) is 137 Å². The van der Waals surface area contributed by atoms with E-state index in [0.717, 1.165) is 11.1 Å². The van der Waals surface area contributed by atoms with Crippen LogP contribution >= 0.6 is 11.6 Å². The van der Waals surface area contributed by atoms with Gasteiger partial charge in [0.15, 0.2) is 5.00 Å². The van der Waals surface area contributed by atoms with E-state index in [4.69, 9.17) is 17.3 Å². The van der Waals surface area contributed by atoms with Gasteiger partial charge in [-0.25, -0.2) is 8.42 Å².